The highest BCUT2D eigenvalue weighted by molar-refractivity contribution is 5.55. The van der Waals surface area contributed by atoms with Gasteiger partial charge in [0.15, 0.2) is 0 Å². The molecule has 0 saturated heterocycles. The molecule has 3 nitrogen and oxygen atoms in total. The van der Waals surface area contributed by atoms with E-state index in [1.165, 1.54) is 12.1 Å². The number of carbonyl (C=O) groups excluding carboxylic acids is 1. The predicted molar refractivity (Wildman–Crippen MR) is 70.8 cm³/mol. The van der Waals surface area contributed by atoms with Gasteiger partial charge in [0.05, 0.1) is 11.7 Å². The molecule has 0 spiro atoms. The lowest BCUT2D eigenvalue weighted by molar-refractivity contribution is -0.288. The van der Waals surface area contributed by atoms with Crippen LogP contribution in [0.5, 0.6) is 0 Å². The number of ether oxygens (including phenoxy) is 1. The summed E-state index contributed by atoms with van der Waals surface area (Å²) >= 11 is 0. The third kappa shape index (κ3) is 4.25. The Morgan fingerprint density at radius 3 is 2.36 bits per heavy atom. The number of hydrogen-bond donors (Lipinski definition) is 0. The van der Waals surface area contributed by atoms with Crippen molar-refractivity contribution in [3.05, 3.63) is 71.3 Å². The first-order valence-corrected chi connectivity index (χ1v) is 6.45. The summed E-state index contributed by atoms with van der Waals surface area (Å²) in [7, 11) is 0. The van der Waals surface area contributed by atoms with Crippen LogP contribution < -0.4 is 5.11 Å². The molecular weight excluding hydrogens is 297 g/mol. The SMILES string of the molecule is O=C([O-])OC(Cc1ccccc1)c1cccc(C(F)(F)F)c1. The maximum atomic E-state index is 12.8. The molecule has 6 heteroatoms. The highest BCUT2D eigenvalue weighted by Gasteiger charge is 2.31. The molecule has 0 heterocycles. The zero-order valence-electron chi connectivity index (χ0n) is 11.3. The Kier molecular flexibility index (Phi) is 4.70. The Balaban J connectivity index is 2.31. The topological polar surface area (TPSA) is 49.4 Å². The van der Waals surface area contributed by atoms with Crippen molar-refractivity contribution < 1.29 is 27.8 Å². The van der Waals surface area contributed by atoms with Gasteiger partial charge in [0.1, 0.15) is 0 Å². The zero-order valence-corrected chi connectivity index (χ0v) is 11.3. The normalized spacial score (nSPS) is 12.7. The van der Waals surface area contributed by atoms with E-state index in [9.17, 15) is 23.1 Å². The Hall–Kier alpha value is -2.50. The summed E-state index contributed by atoms with van der Waals surface area (Å²) in [5, 5.41) is 10.7. The molecule has 1 atom stereocenters. The molecule has 22 heavy (non-hydrogen) atoms. The van der Waals surface area contributed by atoms with Gasteiger partial charge in [-0.25, -0.2) is 0 Å². The van der Waals surface area contributed by atoms with E-state index in [0.29, 0.717) is 0 Å². The van der Waals surface area contributed by atoms with Crippen molar-refractivity contribution in [2.45, 2.75) is 18.7 Å². The van der Waals surface area contributed by atoms with Gasteiger partial charge in [-0.1, -0.05) is 42.5 Å². The summed E-state index contributed by atoms with van der Waals surface area (Å²) in [6.07, 6.45) is -7.22. The minimum Gasteiger partial charge on any atom is -0.541 e. The van der Waals surface area contributed by atoms with E-state index in [0.717, 1.165) is 17.7 Å². The van der Waals surface area contributed by atoms with Gasteiger partial charge in [-0.05, 0) is 29.7 Å². The first-order chi connectivity index (χ1) is 10.4. The van der Waals surface area contributed by atoms with Gasteiger partial charge in [0, 0.05) is 0 Å². The van der Waals surface area contributed by atoms with Crippen LogP contribution in [0.2, 0.25) is 0 Å². The van der Waals surface area contributed by atoms with Crippen molar-refractivity contribution in [2.24, 2.45) is 0 Å². The highest BCUT2D eigenvalue weighted by atomic mass is 19.4. The fraction of sp³-hybridized carbons (Fsp3) is 0.188. The van der Waals surface area contributed by atoms with Gasteiger partial charge >= 0.3 is 6.18 Å². The van der Waals surface area contributed by atoms with Crippen LogP contribution in [0.4, 0.5) is 18.0 Å². The fourth-order valence-electron chi connectivity index (χ4n) is 2.09. The molecule has 0 amide bonds. The van der Waals surface area contributed by atoms with Crippen LogP contribution in [0.15, 0.2) is 54.6 Å². The van der Waals surface area contributed by atoms with E-state index in [2.05, 4.69) is 4.74 Å². The molecule has 1 unspecified atom stereocenters. The average molecular weight is 309 g/mol. The smallest absolute Gasteiger partial charge is 0.416 e. The van der Waals surface area contributed by atoms with Crippen molar-refractivity contribution in [2.75, 3.05) is 0 Å². The quantitative estimate of drug-likeness (QED) is 0.814. The second kappa shape index (κ2) is 6.51. The fourth-order valence-corrected chi connectivity index (χ4v) is 2.09. The second-order valence-electron chi connectivity index (χ2n) is 4.67. The minimum absolute atomic E-state index is 0.121. The number of hydrogen-bond acceptors (Lipinski definition) is 3. The van der Waals surface area contributed by atoms with E-state index in [1.807, 2.05) is 0 Å². The van der Waals surface area contributed by atoms with Crippen LogP contribution in [0.3, 0.4) is 0 Å². The highest BCUT2D eigenvalue weighted by Crippen LogP contribution is 2.32. The molecule has 0 aliphatic carbocycles. The first kappa shape index (κ1) is 15.9. The van der Waals surface area contributed by atoms with Crippen molar-refractivity contribution in [3.8, 4) is 0 Å². The van der Waals surface area contributed by atoms with E-state index in [-0.39, 0.29) is 12.0 Å². The summed E-state index contributed by atoms with van der Waals surface area (Å²) in [4.78, 5) is 10.7. The minimum atomic E-state index is -4.51. The maximum absolute atomic E-state index is 12.8. The number of carbonyl (C=O) groups is 1. The maximum Gasteiger partial charge on any atom is 0.416 e. The lowest BCUT2D eigenvalue weighted by Crippen LogP contribution is -2.26. The van der Waals surface area contributed by atoms with Crippen LogP contribution in [0.25, 0.3) is 0 Å². The zero-order chi connectivity index (χ0) is 16.2. The summed E-state index contributed by atoms with van der Waals surface area (Å²) in [5.74, 6) is 0. The summed E-state index contributed by atoms with van der Waals surface area (Å²) in [5.41, 5.74) is 0.0130. The Morgan fingerprint density at radius 1 is 1.09 bits per heavy atom. The van der Waals surface area contributed by atoms with E-state index < -0.39 is 24.0 Å². The summed E-state index contributed by atoms with van der Waals surface area (Å²) in [6.45, 7) is 0. The summed E-state index contributed by atoms with van der Waals surface area (Å²) in [6, 6.07) is 13.2. The molecule has 0 fully saturated rings. The number of halogens is 3. The largest absolute Gasteiger partial charge is 0.541 e. The van der Waals surface area contributed by atoms with Crippen molar-refractivity contribution >= 4 is 6.16 Å². The molecule has 0 N–H and O–H groups in total. The predicted octanol–water partition coefficient (Wildman–Crippen LogP) is 3.35. The van der Waals surface area contributed by atoms with Gasteiger partial charge in [0.25, 0.3) is 6.16 Å². The molecular formula is C16H12F3O3-. The molecule has 0 aliphatic heterocycles. The average Bonchev–Trinajstić information content (AvgIpc) is 2.46. The lowest BCUT2D eigenvalue weighted by Gasteiger charge is -2.23. The molecule has 0 aromatic heterocycles. The van der Waals surface area contributed by atoms with E-state index in [1.54, 1.807) is 30.3 Å². The van der Waals surface area contributed by atoms with Crippen molar-refractivity contribution in [1.29, 1.82) is 0 Å². The molecule has 2 aromatic carbocycles. The van der Waals surface area contributed by atoms with Crippen LogP contribution in [0, 0.1) is 0 Å². The lowest BCUT2D eigenvalue weighted by atomic mass is 9.99. The molecule has 2 rings (SSSR count). The van der Waals surface area contributed by atoms with E-state index >= 15 is 0 Å². The van der Waals surface area contributed by atoms with Gasteiger partial charge < -0.3 is 14.6 Å². The third-order valence-electron chi connectivity index (χ3n) is 3.09. The molecule has 2 aromatic rings. The monoisotopic (exact) mass is 309 g/mol. The Morgan fingerprint density at radius 2 is 1.77 bits per heavy atom. The third-order valence-corrected chi connectivity index (χ3v) is 3.09. The van der Waals surface area contributed by atoms with Crippen molar-refractivity contribution in [3.63, 3.8) is 0 Å². The first-order valence-electron chi connectivity index (χ1n) is 6.45. The molecule has 0 aliphatic rings. The molecule has 0 bridgehead atoms. The number of benzene rings is 2. The van der Waals surface area contributed by atoms with Gasteiger partial charge in [-0.15, -0.1) is 0 Å². The van der Waals surface area contributed by atoms with Crippen molar-refractivity contribution in [1.82, 2.24) is 0 Å². The molecule has 116 valence electrons. The van der Waals surface area contributed by atoms with E-state index in [4.69, 9.17) is 0 Å². The van der Waals surface area contributed by atoms with Gasteiger partial charge in [-0.3, -0.25) is 0 Å². The van der Waals surface area contributed by atoms with Gasteiger partial charge in [0.2, 0.25) is 0 Å². The van der Waals surface area contributed by atoms with Crippen LogP contribution in [0.1, 0.15) is 22.8 Å². The molecule has 0 radical (unpaired) electrons. The van der Waals surface area contributed by atoms with Gasteiger partial charge in [-0.2, -0.15) is 13.2 Å². The number of carboxylic acid groups (broad SMARTS) is 1. The Labute approximate surface area is 125 Å². The number of alkyl halides is 3. The van der Waals surface area contributed by atoms with Crippen LogP contribution in [-0.2, 0) is 17.3 Å². The standard InChI is InChI=1S/C16H13F3O3/c17-16(18,19)13-8-4-7-12(10-13)14(22-15(20)21)9-11-5-2-1-3-6-11/h1-8,10,14H,9H2,(H,20,21)/p-1. The van der Waals surface area contributed by atoms with Crippen LogP contribution in [-0.4, -0.2) is 6.16 Å². The molecule has 0 saturated carbocycles. The second-order valence-corrected chi connectivity index (χ2v) is 4.67. The summed E-state index contributed by atoms with van der Waals surface area (Å²) < 4.78 is 42.9. The Bertz CT molecular complexity index is 639. The van der Waals surface area contributed by atoms with Crippen LogP contribution >= 0.6 is 0 Å². The number of rotatable bonds is 4.